The molecule has 0 aromatic heterocycles. The van der Waals surface area contributed by atoms with Gasteiger partial charge in [0.25, 0.3) is 0 Å². The average Bonchev–Trinajstić information content (AvgIpc) is 2.36. The van der Waals surface area contributed by atoms with Crippen LogP contribution < -0.4 is 5.32 Å². The molecule has 0 bridgehead atoms. The molecule has 0 aromatic carbocycles. The molecule has 0 aromatic rings. The van der Waals surface area contributed by atoms with E-state index in [-0.39, 0.29) is 0 Å². The molecular weight excluding hydrogens is 228 g/mol. The Morgan fingerprint density at radius 2 is 2.22 bits per heavy atom. The monoisotopic (exact) mass is 258 g/mol. The molecule has 0 saturated carbocycles. The summed E-state index contributed by atoms with van der Waals surface area (Å²) in [4.78, 5) is 2.49. The second-order valence-corrected chi connectivity index (χ2v) is 5.37. The number of likely N-dealkylation sites (N-methyl/N-ethyl adjacent to an activating group) is 1. The first-order valence-electron chi connectivity index (χ1n) is 7.34. The molecule has 1 aliphatic rings. The van der Waals surface area contributed by atoms with Crippen molar-refractivity contribution < 1.29 is 9.47 Å². The fraction of sp³-hybridized carbons (Fsp3) is 1.00. The van der Waals surface area contributed by atoms with E-state index < -0.39 is 0 Å². The lowest BCUT2D eigenvalue weighted by atomic mass is 10.1. The first-order valence-corrected chi connectivity index (χ1v) is 7.34. The molecule has 1 N–H and O–H groups in total. The van der Waals surface area contributed by atoms with Crippen molar-refractivity contribution in [2.24, 2.45) is 5.92 Å². The molecule has 1 rings (SSSR count). The number of hydrogen-bond donors (Lipinski definition) is 1. The van der Waals surface area contributed by atoms with Crippen LogP contribution in [0.1, 0.15) is 27.2 Å². The van der Waals surface area contributed by atoms with Crippen LogP contribution in [0.15, 0.2) is 0 Å². The number of morpholine rings is 1. The van der Waals surface area contributed by atoms with Crippen LogP contribution in [0, 0.1) is 5.92 Å². The quantitative estimate of drug-likeness (QED) is 0.633. The van der Waals surface area contributed by atoms with Crippen LogP contribution in [0.2, 0.25) is 0 Å². The summed E-state index contributed by atoms with van der Waals surface area (Å²) in [7, 11) is 0. The van der Waals surface area contributed by atoms with Crippen molar-refractivity contribution >= 4 is 0 Å². The van der Waals surface area contributed by atoms with E-state index in [2.05, 4.69) is 31.0 Å². The first-order chi connectivity index (χ1) is 8.74. The average molecular weight is 258 g/mol. The Kier molecular flexibility index (Phi) is 8.59. The summed E-state index contributed by atoms with van der Waals surface area (Å²) < 4.78 is 11.2. The molecule has 18 heavy (non-hydrogen) atoms. The molecule has 0 spiro atoms. The first kappa shape index (κ1) is 15.9. The second kappa shape index (κ2) is 9.73. The molecule has 0 radical (unpaired) electrons. The lowest BCUT2D eigenvalue weighted by Gasteiger charge is -2.35. The Morgan fingerprint density at radius 1 is 1.39 bits per heavy atom. The van der Waals surface area contributed by atoms with Crippen LogP contribution in [0.4, 0.5) is 0 Å². The third-order valence-corrected chi connectivity index (χ3v) is 3.34. The minimum absolute atomic E-state index is 0.507. The van der Waals surface area contributed by atoms with Gasteiger partial charge in [-0.3, -0.25) is 4.90 Å². The van der Waals surface area contributed by atoms with E-state index in [4.69, 9.17) is 9.47 Å². The van der Waals surface area contributed by atoms with Crippen molar-refractivity contribution in [1.82, 2.24) is 10.2 Å². The zero-order chi connectivity index (χ0) is 13.2. The second-order valence-electron chi connectivity index (χ2n) is 5.37. The summed E-state index contributed by atoms with van der Waals surface area (Å²) >= 11 is 0. The van der Waals surface area contributed by atoms with Crippen LogP contribution in [-0.2, 0) is 9.47 Å². The number of ether oxygens (including phenoxy) is 2. The summed E-state index contributed by atoms with van der Waals surface area (Å²) in [5.41, 5.74) is 0. The van der Waals surface area contributed by atoms with Crippen molar-refractivity contribution in [3.8, 4) is 0 Å². The third-order valence-electron chi connectivity index (χ3n) is 3.34. The molecule has 108 valence electrons. The Labute approximate surface area is 112 Å². The van der Waals surface area contributed by atoms with E-state index >= 15 is 0 Å². The van der Waals surface area contributed by atoms with Gasteiger partial charge in [-0.15, -0.1) is 0 Å². The molecule has 1 saturated heterocycles. The van der Waals surface area contributed by atoms with Crippen molar-refractivity contribution in [2.75, 3.05) is 52.6 Å². The van der Waals surface area contributed by atoms with Crippen LogP contribution in [-0.4, -0.2) is 63.5 Å². The maximum absolute atomic E-state index is 5.70. The van der Waals surface area contributed by atoms with Crippen LogP contribution in [0.25, 0.3) is 0 Å². The third kappa shape index (κ3) is 6.69. The molecule has 0 amide bonds. The van der Waals surface area contributed by atoms with Gasteiger partial charge in [-0.25, -0.2) is 0 Å². The van der Waals surface area contributed by atoms with E-state index in [1.807, 2.05) is 0 Å². The maximum Gasteiger partial charge on any atom is 0.0634 e. The topological polar surface area (TPSA) is 33.7 Å². The van der Waals surface area contributed by atoms with Gasteiger partial charge in [0.2, 0.25) is 0 Å². The van der Waals surface area contributed by atoms with E-state index in [9.17, 15) is 0 Å². The zero-order valence-electron chi connectivity index (χ0n) is 12.3. The van der Waals surface area contributed by atoms with Gasteiger partial charge in [0.1, 0.15) is 0 Å². The molecule has 1 heterocycles. The Hall–Kier alpha value is -0.160. The lowest BCUT2D eigenvalue weighted by molar-refractivity contribution is -0.0199. The van der Waals surface area contributed by atoms with Crippen LogP contribution in [0.5, 0.6) is 0 Å². The summed E-state index contributed by atoms with van der Waals surface area (Å²) in [5, 5.41) is 3.40. The van der Waals surface area contributed by atoms with Crippen molar-refractivity contribution in [3.63, 3.8) is 0 Å². The van der Waals surface area contributed by atoms with E-state index in [1.165, 1.54) is 0 Å². The Morgan fingerprint density at radius 3 is 2.94 bits per heavy atom. The zero-order valence-corrected chi connectivity index (χ0v) is 12.3. The van der Waals surface area contributed by atoms with Gasteiger partial charge in [0.15, 0.2) is 0 Å². The summed E-state index contributed by atoms with van der Waals surface area (Å²) in [6.07, 6.45) is 1.16. The molecule has 0 aliphatic carbocycles. The number of nitrogens with one attached hydrogen (secondary N) is 1. The summed E-state index contributed by atoms with van der Waals surface area (Å²) in [6.45, 7) is 14.1. The van der Waals surface area contributed by atoms with Crippen LogP contribution in [0.3, 0.4) is 0 Å². The SMILES string of the molecule is CCNCC1COCCN1CCOCCC(C)C. The summed E-state index contributed by atoms with van der Waals surface area (Å²) in [6, 6.07) is 0.507. The Bertz CT molecular complexity index is 200. The van der Waals surface area contributed by atoms with E-state index in [1.54, 1.807) is 0 Å². The van der Waals surface area contributed by atoms with Crippen molar-refractivity contribution in [2.45, 2.75) is 33.2 Å². The fourth-order valence-electron chi connectivity index (χ4n) is 2.09. The Balaban J connectivity index is 2.12. The van der Waals surface area contributed by atoms with Gasteiger partial charge < -0.3 is 14.8 Å². The van der Waals surface area contributed by atoms with E-state index in [0.717, 1.165) is 64.9 Å². The van der Waals surface area contributed by atoms with Crippen LogP contribution >= 0.6 is 0 Å². The van der Waals surface area contributed by atoms with Gasteiger partial charge in [-0.1, -0.05) is 20.8 Å². The van der Waals surface area contributed by atoms with Gasteiger partial charge >= 0.3 is 0 Å². The van der Waals surface area contributed by atoms with Gasteiger partial charge in [-0.2, -0.15) is 0 Å². The molecular formula is C14H30N2O2. The van der Waals surface area contributed by atoms with Gasteiger partial charge in [-0.05, 0) is 18.9 Å². The highest BCUT2D eigenvalue weighted by Crippen LogP contribution is 2.06. The molecule has 1 unspecified atom stereocenters. The highest BCUT2D eigenvalue weighted by atomic mass is 16.5. The largest absolute Gasteiger partial charge is 0.380 e. The predicted octanol–water partition coefficient (Wildman–Crippen LogP) is 1.36. The maximum atomic E-state index is 5.70. The molecule has 1 fully saturated rings. The number of nitrogens with zero attached hydrogens (tertiary/aromatic N) is 1. The lowest BCUT2D eigenvalue weighted by Crippen LogP contribution is -2.51. The van der Waals surface area contributed by atoms with E-state index in [0.29, 0.717) is 6.04 Å². The van der Waals surface area contributed by atoms with Gasteiger partial charge in [0, 0.05) is 32.3 Å². The predicted molar refractivity (Wildman–Crippen MR) is 75.0 cm³/mol. The normalized spacial score (nSPS) is 21.7. The summed E-state index contributed by atoms with van der Waals surface area (Å²) in [5.74, 6) is 0.731. The van der Waals surface area contributed by atoms with Crippen molar-refractivity contribution in [3.05, 3.63) is 0 Å². The molecule has 4 nitrogen and oxygen atoms in total. The number of rotatable bonds is 9. The highest BCUT2D eigenvalue weighted by Gasteiger charge is 2.21. The van der Waals surface area contributed by atoms with Gasteiger partial charge in [0.05, 0.1) is 19.8 Å². The minimum Gasteiger partial charge on any atom is -0.380 e. The minimum atomic E-state index is 0.507. The molecule has 1 atom stereocenters. The number of hydrogen-bond acceptors (Lipinski definition) is 4. The molecule has 1 aliphatic heterocycles. The fourth-order valence-corrected chi connectivity index (χ4v) is 2.09. The standard InChI is InChI=1S/C14H30N2O2/c1-4-15-11-14-12-18-10-7-16(14)6-9-17-8-5-13(2)3/h13-15H,4-12H2,1-3H3. The van der Waals surface area contributed by atoms with Crippen molar-refractivity contribution in [1.29, 1.82) is 0 Å². The smallest absolute Gasteiger partial charge is 0.0634 e. The highest BCUT2D eigenvalue weighted by molar-refractivity contribution is 4.77. The molecule has 4 heteroatoms.